The van der Waals surface area contributed by atoms with Gasteiger partial charge in [0.15, 0.2) is 0 Å². The molecule has 0 saturated carbocycles. The topological polar surface area (TPSA) is 46.8 Å². The number of likely N-dealkylation sites (tertiary alicyclic amines) is 1. The van der Waals surface area contributed by atoms with Gasteiger partial charge in [-0.25, -0.2) is 9.97 Å². The first-order chi connectivity index (χ1) is 11.7. The van der Waals surface area contributed by atoms with Crippen molar-refractivity contribution in [1.82, 2.24) is 24.4 Å². The molecule has 0 aromatic carbocycles. The van der Waals surface area contributed by atoms with Crippen LogP contribution in [0.2, 0.25) is 0 Å². The van der Waals surface area contributed by atoms with E-state index >= 15 is 0 Å². The van der Waals surface area contributed by atoms with Crippen molar-refractivity contribution < 1.29 is 0 Å². The molecular weight excluding hydrogens is 318 g/mol. The molecule has 3 aromatic rings. The lowest BCUT2D eigenvalue weighted by molar-refractivity contribution is 0.246. The van der Waals surface area contributed by atoms with Gasteiger partial charge >= 0.3 is 0 Å². The first kappa shape index (κ1) is 15.5. The first-order valence-corrected chi connectivity index (χ1v) is 9.22. The lowest BCUT2D eigenvalue weighted by atomic mass is 10.0. The molecule has 6 heteroatoms. The van der Waals surface area contributed by atoms with Gasteiger partial charge in [0.25, 0.3) is 0 Å². The number of imidazole rings is 1. The molecule has 0 radical (unpaired) electrons. The number of nitrogens with zero attached hydrogens (tertiary/aromatic N) is 5. The fourth-order valence-corrected chi connectivity index (χ4v) is 4.00. The van der Waals surface area contributed by atoms with E-state index in [-0.39, 0.29) is 0 Å². The van der Waals surface area contributed by atoms with Crippen molar-refractivity contribution in [2.45, 2.75) is 32.4 Å². The van der Waals surface area contributed by atoms with Crippen LogP contribution in [-0.4, -0.2) is 31.0 Å². The largest absolute Gasteiger partial charge is 0.330 e. The third-order valence-electron chi connectivity index (χ3n) is 4.86. The van der Waals surface area contributed by atoms with Crippen molar-refractivity contribution in [1.29, 1.82) is 0 Å². The fraction of sp³-hybridized carbons (Fsp3) is 0.389. The Morgan fingerprint density at radius 2 is 2.21 bits per heavy atom. The van der Waals surface area contributed by atoms with Crippen LogP contribution in [0.5, 0.6) is 0 Å². The average Bonchev–Trinajstić information content (AvgIpc) is 3.32. The van der Waals surface area contributed by atoms with E-state index in [2.05, 4.69) is 41.9 Å². The zero-order valence-corrected chi connectivity index (χ0v) is 14.8. The molecule has 1 saturated heterocycles. The monoisotopic (exact) mass is 339 g/mol. The molecule has 124 valence electrons. The summed E-state index contributed by atoms with van der Waals surface area (Å²) >= 11 is 1.67. The van der Waals surface area contributed by atoms with Gasteiger partial charge in [0.05, 0.1) is 28.8 Å². The van der Waals surface area contributed by atoms with Crippen LogP contribution in [0.3, 0.4) is 0 Å². The van der Waals surface area contributed by atoms with Crippen LogP contribution in [-0.2, 0) is 13.6 Å². The predicted octanol–water partition coefficient (Wildman–Crippen LogP) is 3.58. The maximum absolute atomic E-state index is 4.57. The molecule has 0 N–H and O–H groups in total. The Morgan fingerprint density at radius 3 is 2.96 bits per heavy atom. The Labute approximate surface area is 146 Å². The number of thiazole rings is 1. The molecule has 1 atom stereocenters. The number of aromatic nitrogens is 4. The number of hydrogen-bond donors (Lipinski definition) is 0. The molecule has 1 aliphatic rings. The lowest BCUT2D eigenvalue weighted by Crippen LogP contribution is -2.23. The second-order valence-electron chi connectivity index (χ2n) is 6.33. The van der Waals surface area contributed by atoms with Crippen LogP contribution in [0.1, 0.15) is 36.0 Å². The SMILES string of the molecule is Cc1ncc(-c2cc(C3CCCN3Cc3cscn3)ccn2)n1C. The third kappa shape index (κ3) is 2.87. The van der Waals surface area contributed by atoms with E-state index < -0.39 is 0 Å². The van der Waals surface area contributed by atoms with Gasteiger partial charge in [-0.3, -0.25) is 9.88 Å². The maximum atomic E-state index is 4.57. The maximum Gasteiger partial charge on any atom is 0.105 e. The molecule has 4 rings (SSSR count). The highest BCUT2D eigenvalue weighted by Crippen LogP contribution is 2.34. The van der Waals surface area contributed by atoms with Crippen molar-refractivity contribution in [3.8, 4) is 11.4 Å². The van der Waals surface area contributed by atoms with Crippen LogP contribution < -0.4 is 0 Å². The van der Waals surface area contributed by atoms with Crippen molar-refractivity contribution in [2.24, 2.45) is 7.05 Å². The van der Waals surface area contributed by atoms with Crippen LogP contribution in [0.25, 0.3) is 11.4 Å². The van der Waals surface area contributed by atoms with Crippen LogP contribution in [0.4, 0.5) is 0 Å². The molecule has 0 spiro atoms. The van der Waals surface area contributed by atoms with E-state index in [1.165, 1.54) is 24.1 Å². The van der Waals surface area contributed by atoms with E-state index in [0.717, 1.165) is 30.3 Å². The minimum Gasteiger partial charge on any atom is -0.330 e. The summed E-state index contributed by atoms with van der Waals surface area (Å²) in [6.45, 7) is 4.07. The predicted molar refractivity (Wildman–Crippen MR) is 95.7 cm³/mol. The summed E-state index contributed by atoms with van der Waals surface area (Å²) in [4.78, 5) is 15.9. The normalized spacial score (nSPS) is 18.3. The standard InChI is InChI=1S/C18H21N5S/c1-13-20-9-18(22(13)2)16-8-14(5-6-19-16)17-4-3-7-23(17)10-15-11-24-12-21-15/h5-6,8-9,11-12,17H,3-4,7,10H2,1-2H3. The van der Waals surface area contributed by atoms with E-state index in [9.17, 15) is 0 Å². The molecule has 0 bridgehead atoms. The van der Waals surface area contributed by atoms with Crippen molar-refractivity contribution in [3.05, 3.63) is 52.5 Å². The molecular formula is C18H21N5S. The summed E-state index contributed by atoms with van der Waals surface area (Å²) in [5.41, 5.74) is 6.49. The van der Waals surface area contributed by atoms with Gasteiger partial charge in [-0.15, -0.1) is 11.3 Å². The molecule has 5 nitrogen and oxygen atoms in total. The van der Waals surface area contributed by atoms with Crippen molar-refractivity contribution in [3.63, 3.8) is 0 Å². The minimum atomic E-state index is 0.447. The van der Waals surface area contributed by atoms with Gasteiger partial charge in [-0.1, -0.05) is 0 Å². The van der Waals surface area contributed by atoms with E-state index in [1.807, 2.05) is 31.9 Å². The average molecular weight is 339 g/mol. The Hall–Kier alpha value is -2.05. The van der Waals surface area contributed by atoms with Crippen LogP contribution >= 0.6 is 11.3 Å². The molecule has 1 fully saturated rings. The molecule has 24 heavy (non-hydrogen) atoms. The lowest BCUT2D eigenvalue weighted by Gasteiger charge is -2.24. The van der Waals surface area contributed by atoms with Crippen LogP contribution in [0.15, 0.2) is 35.4 Å². The quantitative estimate of drug-likeness (QED) is 0.729. The second kappa shape index (κ2) is 6.45. The Morgan fingerprint density at radius 1 is 1.29 bits per heavy atom. The summed E-state index contributed by atoms with van der Waals surface area (Å²) in [5.74, 6) is 1.00. The van der Waals surface area contributed by atoms with Crippen molar-refractivity contribution >= 4 is 11.3 Å². The van der Waals surface area contributed by atoms with E-state index in [0.29, 0.717) is 6.04 Å². The summed E-state index contributed by atoms with van der Waals surface area (Å²) in [5, 5.41) is 2.14. The summed E-state index contributed by atoms with van der Waals surface area (Å²) in [6.07, 6.45) is 6.25. The molecule has 1 aliphatic heterocycles. The number of aryl methyl sites for hydroxylation is 1. The van der Waals surface area contributed by atoms with Gasteiger partial charge in [0.2, 0.25) is 0 Å². The van der Waals surface area contributed by atoms with Gasteiger partial charge in [0.1, 0.15) is 5.82 Å². The Balaban J connectivity index is 1.61. The highest BCUT2D eigenvalue weighted by atomic mass is 32.1. The van der Waals surface area contributed by atoms with E-state index in [4.69, 9.17) is 0 Å². The molecule has 4 heterocycles. The van der Waals surface area contributed by atoms with Gasteiger partial charge < -0.3 is 4.57 Å². The third-order valence-corrected chi connectivity index (χ3v) is 5.50. The van der Waals surface area contributed by atoms with E-state index in [1.54, 1.807) is 11.3 Å². The number of pyridine rings is 1. The number of rotatable bonds is 4. The zero-order chi connectivity index (χ0) is 16.5. The second-order valence-corrected chi connectivity index (χ2v) is 7.05. The van der Waals surface area contributed by atoms with Gasteiger partial charge in [-0.05, 0) is 44.0 Å². The Kier molecular flexibility index (Phi) is 4.16. The summed E-state index contributed by atoms with van der Waals surface area (Å²) in [7, 11) is 2.04. The highest BCUT2D eigenvalue weighted by Gasteiger charge is 2.27. The van der Waals surface area contributed by atoms with Gasteiger partial charge in [0, 0.05) is 31.2 Å². The molecule has 0 aliphatic carbocycles. The molecule has 1 unspecified atom stereocenters. The fourth-order valence-electron chi connectivity index (χ4n) is 3.45. The minimum absolute atomic E-state index is 0.447. The first-order valence-electron chi connectivity index (χ1n) is 8.28. The van der Waals surface area contributed by atoms with Crippen LogP contribution in [0, 0.1) is 6.92 Å². The number of hydrogen-bond acceptors (Lipinski definition) is 5. The summed E-state index contributed by atoms with van der Waals surface area (Å²) in [6, 6.07) is 4.82. The highest BCUT2D eigenvalue weighted by molar-refractivity contribution is 7.07. The Bertz CT molecular complexity index is 824. The summed E-state index contributed by atoms with van der Waals surface area (Å²) < 4.78 is 2.09. The smallest absolute Gasteiger partial charge is 0.105 e. The molecule has 0 amide bonds. The zero-order valence-electron chi connectivity index (χ0n) is 14.0. The van der Waals surface area contributed by atoms with Gasteiger partial charge in [-0.2, -0.15) is 0 Å². The molecule has 3 aromatic heterocycles. The van der Waals surface area contributed by atoms with Crippen molar-refractivity contribution in [2.75, 3.05) is 6.54 Å².